The van der Waals surface area contributed by atoms with Gasteiger partial charge in [0.25, 0.3) is 0 Å². The number of ketones is 1. The van der Waals surface area contributed by atoms with Crippen molar-refractivity contribution in [2.45, 2.75) is 13.3 Å². The Hall–Kier alpha value is -1.90. The van der Waals surface area contributed by atoms with Crippen LogP contribution in [0, 0.1) is 0 Å². The summed E-state index contributed by atoms with van der Waals surface area (Å²) >= 11 is 0. The van der Waals surface area contributed by atoms with Crippen molar-refractivity contribution in [3.63, 3.8) is 0 Å². The molecule has 0 amide bonds. The van der Waals surface area contributed by atoms with Gasteiger partial charge in [0.2, 0.25) is 0 Å². The Morgan fingerprint density at radius 2 is 1.87 bits per heavy atom. The summed E-state index contributed by atoms with van der Waals surface area (Å²) in [5, 5.41) is 8.41. The number of aliphatic carboxylic acids is 1. The van der Waals surface area contributed by atoms with Crippen LogP contribution in [0.5, 0.6) is 0 Å². The molecule has 1 N–H and O–H groups in total. The zero-order chi connectivity index (χ0) is 11.3. The number of hydrogen-bond donors (Lipinski definition) is 1. The molecule has 15 heavy (non-hydrogen) atoms. The van der Waals surface area contributed by atoms with Crippen molar-refractivity contribution in [2.75, 3.05) is 0 Å². The SMILES string of the molecule is CCC(=O)c1ccc(/C=C/C(=O)O)cc1. The molecule has 0 saturated heterocycles. The largest absolute Gasteiger partial charge is 0.478 e. The summed E-state index contributed by atoms with van der Waals surface area (Å²) in [7, 11) is 0. The predicted octanol–water partition coefficient (Wildman–Crippen LogP) is 2.38. The Kier molecular flexibility index (Phi) is 3.80. The standard InChI is InChI=1S/C12H12O3/c1-2-11(13)10-6-3-9(4-7-10)5-8-12(14)15/h3-8H,2H2,1H3,(H,14,15)/b8-5+. The molecule has 0 unspecified atom stereocenters. The summed E-state index contributed by atoms with van der Waals surface area (Å²) in [6.07, 6.45) is 3.03. The second-order valence-corrected chi connectivity index (χ2v) is 3.07. The number of hydrogen-bond acceptors (Lipinski definition) is 2. The molecule has 78 valence electrons. The van der Waals surface area contributed by atoms with Crippen molar-refractivity contribution in [2.24, 2.45) is 0 Å². The smallest absolute Gasteiger partial charge is 0.328 e. The van der Waals surface area contributed by atoms with Crippen LogP contribution < -0.4 is 0 Å². The summed E-state index contributed by atoms with van der Waals surface area (Å²) in [5.74, 6) is -0.896. The van der Waals surface area contributed by atoms with E-state index in [4.69, 9.17) is 5.11 Å². The van der Waals surface area contributed by atoms with Crippen LogP contribution in [-0.4, -0.2) is 16.9 Å². The van der Waals surface area contributed by atoms with Crippen LogP contribution in [0.1, 0.15) is 29.3 Å². The van der Waals surface area contributed by atoms with Crippen LogP contribution in [-0.2, 0) is 4.79 Å². The number of Topliss-reactive ketones (excluding diaryl/α,β-unsaturated/α-hetero) is 1. The normalized spacial score (nSPS) is 10.5. The van der Waals surface area contributed by atoms with Gasteiger partial charge in [0.15, 0.2) is 5.78 Å². The van der Waals surface area contributed by atoms with Crippen LogP contribution in [0.25, 0.3) is 6.08 Å². The first-order valence-corrected chi connectivity index (χ1v) is 4.67. The maximum atomic E-state index is 11.3. The zero-order valence-electron chi connectivity index (χ0n) is 8.43. The molecule has 0 aliphatic rings. The van der Waals surface area contributed by atoms with Gasteiger partial charge in [-0.05, 0) is 11.6 Å². The van der Waals surface area contributed by atoms with Gasteiger partial charge in [0.1, 0.15) is 0 Å². The van der Waals surface area contributed by atoms with Crippen LogP contribution in [0.15, 0.2) is 30.3 Å². The maximum absolute atomic E-state index is 11.3. The van der Waals surface area contributed by atoms with Gasteiger partial charge in [0.05, 0.1) is 0 Å². The molecular formula is C12H12O3. The second kappa shape index (κ2) is 5.10. The highest BCUT2D eigenvalue weighted by atomic mass is 16.4. The lowest BCUT2D eigenvalue weighted by molar-refractivity contribution is -0.131. The van der Waals surface area contributed by atoms with E-state index in [-0.39, 0.29) is 5.78 Å². The molecule has 0 bridgehead atoms. The fourth-order valence-corrected chi connectivity index (χ4v) is 1.15. The minimum Gasteiger partial charge on any atom is -0.478 e. The molecule has 0 radical (unpaired) electrons. The first-order valence-electron chi connectivity index (χ1n) is 4.67. The molecule has 3 nitrogen and oxygen atoms in total. The summed E-state index contributed by atoms with van der Waals surface area (Å²) in [4.78, 5) is 21.5. The van der Waals surface area contributed by atoms with E-state index >= 15 is 0 Å². The van der Waals surface area contributed by atoms with E-state index in [1.54, 1.807) is 31.2 Å². The van der Waals surface area contributed by atoms with Gasteiger partial charge in [-0.2, -0.15) is 0 Å². The van der Waals surface area contributed by atoms with Crippen molar-refractivity contribution in [1.29, 1.82) is 0 Å². The van der Waals surface area contributed by atoms with Gasteiger partial charge < -0.3 is 5.11 Å². The third-order valence-electron chi connectivity index (χ3n) is 1.97. The Morgan fingerprint density at radius 3 is 2.33 bits per heavy atom. The summed E-state index contributed by atoms with van der Waals surface area (Å²) < 4.78 is 0. The van der Waals surface area contributed by atoms with E-state index < -0.39 is 5.97 Å². The molecule has 1 aromatic carbocycles. The van der Waals surface area contributed by atoms with Crippen molar-refractivity contribution in [3.05, 3.63) is 41.5 Å². The van der Waals surface area contributed by atoms with Gasteiger partial charge in [-0.3, -0.25) is 4.79 Å². The van der Waals surface area contributed by atoms with Gasteiger partial charge in [0, 0.05) is 18.1 Å². The third-order valence-corrected chi connectivity index (χ3v) is 1.97. The molecule has 0 spiro atoms. The summed E-state index contributed by atoms with van der Waals surface area (Å²) in [6.45, 7) is 1.81. The highest BCUT2D eigenvalue weighted by Crippen LogP contribution is 2.08. The number of rotatable bonds is 4. The first-order chi connectivity index (χ1) is 7.13. The summed E-state index contributed by atoms with van der Waals surface area (Å²) in [6, 6.07) is 6.85. The highest BCUT2D eigenvalue weighted by molar-refractivity contribution is 5.96. The van der Waals surface area contributed by atoms with Crippen LogP contribution in [0.3, 0.4) is 0 Å². The van der Waals surface area contributed by atoms with Crippen molar-refractivity contribution in [3.8, 4) is 0 Å². The van der Waals surface area contributed by atoms with Crippen LogP contribution >= 0.6 is 0 Å². The van der Waals surface area contributed by atoms with Crippen LogP contribution in [0.4, 0.5) is 0 Å². The fourth-order valence-electron chi connectivity index (χ4n) is 1.15. The molecule has 1 rings (SSSR count). The average molecular weight is 204 g/mol. The molecule has 3 heteroatoms. The van der Waals surface area contributed by atoms with Gasteiger partial charge in [-0.15, -0.1) is 0 Å². The average Bonchev–Trinajstić information content (AvgIpc) is 2.26. The number of benzene rings is 1. The molecule has 0 atom stereocenters. The molecule has 1 aromatic rings. The monoisotopic (exact) mass is 204 g/mol. The van der Waals surface area contributed by atoms with E-state index in [1.807, 2.05) is 0 Å². The lowest BCUT2D eigenvalue weighted by atomic mass is 10.1. The van der Waals surface area contributed by atoms with E-state index in [0.717, 1.165) is 11.6 Å². The van der Waals surface area contributed by atoms with E-state index in [9.17, 15) is 9.59 Å². The lowest BCUT2D eigenvalue weighted by Crippen LogP contribution is -1.95. The number of carboxylic acid groups (broad SMARTS) is 1. The highest BCUT2D eigenvalue weighted by Gasteiger charge is 2.01. The Balaban J connectivity index is 2.81. The molecule has 0 saturated carbocycles. The Labute approximate surface area is 88.0 Å². The molecule has 0 fully saturated rings. The molecular weight excluding hydrogens is 192 g/mol. The van der Waals surface area contributed by atoms with E-state index in [2.05, 4.69) is 0 Å². The van der Waals surface area contributed by atoms with Crippen LogP contribution in [0.2, 0.25) is 0 Å². The predicted molar refractivity (Wildman–Crippen MR) is 57.7 cm³/mol. The third kappa shape index (κ3) is 3.38. The second-order valence-electron chi connectivity index (χ2n) is 3.07. The molecule has 0 heterocycles. The molecule has 0 aromatic heterocycles. The number of carbonyl (C=O) groups excluding carboxylic acids is 1. The zero-order valence-corrected chi connectivity index (χ0v) is 8.43. The number of carboxylic acids is 1. The lowest BCUT2D eigenvalue weighted by Gasteiger charge is -1.97. The molecule has 0 aliphatic heterocycles. The minimum absolute atomic E-state index is 0.0868. The quantitative estimate of drug-likeness (QED) is 0.605. The first kappa shape index (κ1) is 11.2. The Morgan fingerprint density at radius 1 is 1.27 bits per heavy atom. The van der Waals surface area contributed by atoms with Crippen molar-refractivity contribution >= 4 is 17.8 Å². The van der Waals surface area contributed by atoms with Gasteiger partial charge in [-0.1, -0.05) is 31.2 Å². The maximum Gasteiger partial charge on any atom is 0.328 e. The summed E-state index contributed by atoms with van der Waals surface area (Å²) in [5.41, 5.74) is 1.43. The van der Waals surface area contributed by atoms with Crippen molar-refractivity contribution < 1.29 is 14.7 Å². The van der Waals surface area contributed by atoms with Gasteiger partial charge >= 0.3 is 5.97 Å². The Bertz CT molecular complexity index is 388. The number of carbonyl (C=O) groups is 2. The topological polar surface area (TPSA) is 54.4 Å². The minimum atomic E-state index is -0.983. The molecule has 0 aliphatic carbocycles. The van der Waals surface area contributed by atoms with Gasteiger partial charge in [-0.25, -0.2) is 4.79 Å². The van der Waals surface area contributed by atoms with Crippen molar-refractivity contribution in [1.82, 2.24) is 0 Å². The fraction of sp³-hybridized carbons (Fsp3) is 0.167. The van der Waals surface area contributed by atoms with E-state index in [0.29, 0.717) is 12.0 Å². The van der Waals surface area contributed by atoms with E-state index in [1.165, 1.54) is 6.08 Å².